The number of halogens is 2. The largest absolute Gasteiger partial charge is 0.352 e. The lowest BCUT2D eigenvalue weighted by Crippen LogP contribution is -2.24. The standard InChI is InChI=1S/C17H18Cl2N2O3S/c1-2-3-10-20-17(22)12-4-7-14(8-5-12)21-25(23,24)16-11-13(18)6-9-15(16)19/h4-9,11,21H,2-3,10H2,1H3,(H,20,22). The lowest BCUT2D eigenvalue weighted by atomic mass is 10.2. The molecule has 0 saturated carbocycles. The van der Waals surface area contributed by atoms with E-state index in [1.807, 2.05) is 6.92 Å². The number of unbranched alkanes of at least 4 members (excludes halogenated alkanes) is 1. The summed E-state index contributed by atoms with van der Waals surface area (Å²) in [6, 6.07) is 10.4. The Morgan fingerprint density at radius 3 is 2.40 bits per heavy atom. The molecule has 0 aliphatic heterocycles. The zero-order valence-electron chi connectivity index (χ0n) is 13.6. The van der Waals surface area contributed by atoms with Gasteiger partial charge in [0.2, 0.25) is 0 Å². The van der Waals surface area contributed by atoms with E-state index in [-0.39, 0.29) is 20.8 Å². The Labute approximate surface area is 157 Å². The Balaban J connectivity index is 2.12. The number of anilines is 1. The molecule has 0 spiro atoms. The van der Waals surface area contributed by atoms with Gasteiger partial charge in [0.05, 0.1) is 5.02 Å². The smallest absolute Gasteiger partial charge is 0.263 e. The first-order valence-corrected chi connectivity index (χ1v) is 9.93. The van der Waals surface area contributed by atoms with Gasteiger partial charge in [-0.2, -0.15) is 0 Å². The van der Waals surface area contributed by atoms with Gasteiger partial charge < -0.3 is 5.32 Å². The summed E-state index contributed by atoms with van der Waals surface area (Å²) in [5.41, 5.74) is 0.779. The average molecular weight is 401 g/mol. The van der Waals surface area contributed by atoms with Crippen LogP contribution in [0, 0.1) is 0 Å². The molecule has 0 aromatic heterocycles. The average Bonchev–Trinajstić information content (AvgIpc) is 2.57. The lowest BCUT2D eigenvalue weighted by molar-refractivity contribution is 0.0953. The molecule has 2 N–H and O–H groups in total. The number of sulfonamides is 1. The number of carbonyl (C=O) groups is 1. The molecule has 0 atom stereocenters. The third kappa shape index (κ3) is 5.36. The number of benzene rings is 2. The lowest BCUT2D eigenvalue weighted by Gasteiger charge is -2.10. The SMILES string of the molecule is CCCCNC(=O)c1ccc(NS(=O)(=O)c2cc(Cl)ccc2Cl)cc1. The fourth-order valence-corrected chi connectivity index (χ4v) is 3.89. The first kappa shape index (κ1) is 19.6. The summed E-state index contributed by atoms with van der Waals surface area (Å²) in [5.74, 6) is -0.194. The molecule has 1 amide bonds. The van der Waals surface area contributed by atoms with Crippen LogP contribution in [0.3, 0.4) is 0 Å². The summed E-state index contributed by atoms with van der Waals surface area (Å²) in [6.07, 6.45) is 1.90. The van der Waals surface area contributed by atoms with E-state index in [1.165, 1.54) is 30.3 Å². The van der Waals surface area contributed by atoms with Crippen LogP contribution in [0.4, 0.5) is 5.69 Å². The predicted octanol–water partition coefficient (Wildman–Crippen LogP) is 4.32. The van der Waals surface area contributed by atoms with Crippen molar-refractivity contribution in [1.82, 2.24) is 5.32 Å². The molecule has 2 aromatic rings. The van der Waals surface area contributed by atoms with E-state index in [0.717, 1.165) is 12.8 Å². The summed E-state index contributed by atoms with van der Waals surface area (Å²) < 4.78 is 27.3. The fourth-order valence-electron chi connectivity index (χ4n) is 2.06. The van der Waals surface area contributed by atoms with E-state index < -0.39 is 10.0 Å². The van der Waals surface area contributed by atoms with Crippen LogP contribution in [-0.2, 0) is 10.0 Å². The molecule has 2 aromatic carbocycles. The van der Waals surface area contributed by atoms with Crippen molar-refractivity contribution >= 4 is 44.8 Å². The van der Waals surface area contributed by atoms with E-state index in [9.17, 15) is 13.2 Å². The van der Waals surface area contributed by atoms with Crippen molar-refractivity contribution in [3.63, 3.8) is 0 Å². The topological polar surface area (TPSA) is 75.3 Å². The highest BCUT2D eigenvalue weighted by molar-refractivity contribution is 7.92. The van der Waals surface area contributed by atoms with Gasteiger partial charge in [0.1, 0.15) is 4.90 Å². The van der Waals surface area contributed by atoms with Crippen molar-refractivity contribution in [3.8, 4) is 0 Å². The second-order valence-electron chi connectivity index (χ2n) is 5.37. The van der Waals surface area contributed by atoms with E-state index in [0.29, 0.717) is 17.8 Å². The Morgan fingerprint density at radius 2 is 1.76 bits per heavy atom. The summed E-state index contributed by atoms with van der Waals surface area (Å²) in [6.45, 7) is 2.65. The van der Waals surface area contributed by atoms with Gasteiger partial charge in [0.25, 0.3) is 15.9 Å². The number of rotatable bonds is 7. The number of hydrogen-bond acceptors (Lipinski definition) is 3. The zero-order valence-corrected chi connectivity index (χ0v) is 15.9. The molecule has 134 valence electrons. The highest BCUT2D eigenvalue weighted by Gasteiger charge is 2.18. The van der Waals surface area contributed by atoms with Gasteiger partial charge in [0, 0.05) is 22.8 Å². The molecule has 0 aliphatic carbocycles. The van der Waals surface area contributed by atoms with Crippen LogP contribution in [0.5, 0.6) is 0 Å². The van der Waals surface area contributed by atoms with Crippen LogP contribution in [0.1, 0.15) is 30.1 Å². The summed E-state index contributed by atoms with van der Waals surface area (Å²) >= 11 is 11.8. The molecule has 0 bridgehead atoms. The molecule has 0 saturated heterocycles. The van der Waals surface area contributed by atoms with Crippen LogP contribution in [0.25, 0.3) is 0 Å². The molecule has 0 unspecified atom stereocenters. The Kier molecular flexibility index (Phi) is 6.70. The molecule has 0 heterocycles. The molecule has 8 heteroatoms. The maximum atomic E-state index is 12.4. The van der Waals surface area contributed by atoms with E-state index in [2.05, 4.69) is 10.0 Å². The first-order chi connectivity index (χ1) is 11.8. The minimum absolute atomic E-state index is 0.0730. The minimum atomic E-state index is -3.88. The van der Waals surface area contributed by atoms with Crippen molar-refractivity contribution in [2.75, 3.05) is 11.3 Å². The van der Waals surface area contributed by atoms with Gasteiger partial charge >= 0.3 is 0 Å². The van der Waals surface area contributed by atoms with Crippen molar-refractivity contribution in [1.29, 1.82) is 0 Å². The molecular weight excluding hydrogens is 383 g/mol. The molecule has 2 rings (SSSR count). The monoisotopic (exact) mass is 400 g/mol. The van der Waals surface area contributed by atoms with Crippen molar-refractivity contribution < 1.29 is 13.2 Å². The molecule has 0 aliphatic rings. The highest BCUT2D eigenvalue weighted by Crippen LogP contribution is 2.26. The quantitative estimate of drug-likeness (QED) is 0.679. The number of amides is 1. The molecule has 0 fully saturated rings. The predicted molar refractivity (Wildman–Crippen MR) is 101 cm³/mol. The van der Waals surface area contributed by atoms with Crippen LogP contribution < -0.4 is 10.0 Å². The first-order valence-electron chi connectivity index (χ1n) is 7.69. The van der Waals surface area contributed by atoms with Crippen molar-refractivity contribution in [3.05, 3.63) is 58.1 Å². The van der Waals surface area contributed by atoms with Crippen LogP contribution >= 0.6 is 23.2 Å². The summed E-state index contributed by atoms with van der Waals surface area (Å²) in [4.78, 5) is 11.8. The maximum Gasteiger partial charge on any atom is 0.263 e. The molecule has 5 nitrogen and oxygen atoms in total. The summed E-state index contributed by atoms with van der Waals surface area (Å²) in [5, 5.41) is 3.14. The number of hydrogen-bond donors (Lipinski definition) is 2. The van der Waals surface area contributed by atoms with E-state index >= 15 is 0 Å². The Hall–Kier alpha value is -1.76. The van der Waals surface area contributed by atoms with E-state index in [4.69, 9.17) is 23.2 Å². The van der Waals surface area contributed by atoms with Crippen LogP contribution in [0.15, 0.2) is 47.4 Å². The third-order valence-electron chi connectivity index (χ3n) is 3.40. The van der Waals surface area contributed by atoms with Gasteiger partial charge in [-0.15, -0.1) is 0 Å². The maximum absolute atomic E-state index is 12.4. The van der Waals surface area contributed by atoms with Gasteiger partial charge in [-0.1, -0.05) is 36.5 Å². The minimum Gasteiger partial charge on any atom is -0.352 e. The third-order valence-corrected chi connectivity index (χ3v) is 5.50. The number of nitrogens with one attached hydrogen (secondary N) is 2. The second kappa shape index (κ2) is 8.56. The van der Waals surface area contributed by atoms with Crippen LogP contribution in [0.2, 0.25) is 10.0 Å². The molecular formula is C17H18Cl2N2O3S. The fraction of sp³-hybridized carbons (Fsp3) is 0.235. The van der Waals surface area contributed by atoms with Gasteiger partial charge in [-0.3, -0.25) is 9.52 Å². The highest BCUT2D eigenvalue weighted by atomic mass is 35.5. The zero-order chi connectivity index (χ0) is 18.4. The number of carbonyl (C=O) groups excluding carboxylic acids is 1. The van der Waals surface area contributed by atoms with Gasteiger partial charge in [-0.05, 0) is 48.9 Å². The second-order valence-corrected chi connectivity index (χ2v) is 7.86. The molecule has 25 heavy (non-hydrogen) atoms. The van der Waals surface area contributed by atoms with Crippen molar-refractivity contribution in [2.45, 2.75) is 24.7 Å². The van der Waals surface area contributed by atoms with Gasteiger partial charge in [-0.25, -0.2) is 8.42 Å². The van der Waals surface area contributed by atoms with Crippen LogP contribution in [-0.4, -0.2) is 20.9 Å². The Bertz CT molecular complexity index is 853. The van der Waals surface area contributed by atoms with E-state index in [1.54, 1.807) is 12.1 Å². The molecule has 0 radical (unpaired) electrons. The normalized spacial score (nSPS) is 11.2. The summed E-state index contributed by atoms with van der Waals surface area (Å²) in [7, 11) is -3.88. The Morgan fingerprint density at radius 1 is 1.08 bits per heavy atom. The van der Waals surface area contributed by atoms with Gasteiger partial charge in [0.15, 0.2) is 0 Å². The van der Waals surface area contributed by atoms with Crippen molar-refractivity contribution in [2.24, 2.45) is 0 Å².